The van der Waals surface area contributed by atoms with Crippen molar-refractivity contribution < 1.29 is 17.6 Å². The van der Waals surface area contributed by atoms with Gasteiger partial charge in [-0.25, -0.2) is 14.1 Å². The Balaban J connectivity index is 2.16. The van der Waals surface area contributed by atoms with Gasteiger partial charge in [0.05, 0.1) is 11.1 Å². The Hall–Kier alpha value is -2.70. The second-order valence-corrected chi connectivity index (χ2v) is 4.91. The molecule has 0 aliphatic carbocycles. The minimum atomic E-state index is -4.51. The van der Waals surface area contributed by atoms with E-state index in [0.717, 1.165) is 6.07 Å². The molecule has 0 atom stereocenters. The van der Waals surface area contributed by atoms with Gasteiger partial charge in [-0.2, -0.15) is 18.3 Å². The van der Waals surface area contributed by atoms with E-state index in [1.54, 1.807) is 6.07 Å². The maximum absolute atomic E-state index is 13.8. The number of aromatic nitrogens is 3. The molecule has 0 amide bonds. The minimum Gasteiger partial charge on any atom is -0.248 e. The molecule has 1 aromatic heterocycles. The lowest BCUT2D eigenvalue weighted by molar-refractivity contribution is -0.137. The maximum Gasteiger partial charge on any atom is 0.417 e. The number of rotatable bonds is 2. The van der Waals surface area contributed by atoms with E-state index in [-0.39, 0.29) is 22.8 Å². The SMILES string of the molecule is Cn1nc(-c2ccccc2F)nc1-c1ccccc1C(F)(F)F. The van der Waals surface area contributed by atoms with Crippen molar-refractivity contribution in [1.29, 1.82) is 0 Å². The van der Waals surface area contributed by atoms with E-state index in [0.29, 0.717) is 0 Å². The average Bonchev–Trinajstić information content (AvgIpc) is 2.88. The van der Waals surface area contributed by atoms with E-state index in [1.165, 1.54) is 48.1 Å². The van der Waals surface area contributed by atoms with Crippen molar-refractivity contribution in [3.8, 4) is 22.8 Å². The predicted octanol–water partition coefficient (Wildman–Crippen LogP) is 4.31. The average molecular weight is 321 g/mol. The Morgan fingerprint density at radius 1 is 0.913 bits per heavy atom. The van der Waals surface area contributed by atoms with Crippen LogP contribution in [0.1, 0.15) is 5.56 Å². The Labute approximate surface area is 129 Å². The van der Waals surface area contributed by atoms with Crippen LogP contribution in [0.5, 0.6) is 0 Å². The molecule has 2 aromatic carbocycles. The number of halogens is 4. The number of hydrogen-bond donors (Lipinski definition) is 0. The smallest absolute Gasteiger partial charge is 0.248 e. The van der Waals surface area contributed by atoms with Crippen molar-refractivity contribution in [1.82, 2.24) is 14.8 Å². The molecule has 1 heterocycles. The topological polar surface area (TPSA) is 30.7 Å². The first kappa shape index (κ1) is 15.2. The number of hydrogen-bond acceptors (Lipinski definition) is 2. The zero-order valence-corrected chi connectivity index (χ0v) is 12.0. The Morgan fingerprint density at radius 3 is 2.17 bits per heavy atom. The summed E-state index contributed by atoms with van der Waals surface area (Å²) < 4.78 is 54.5. The largest absolute Gasteiger partial charge is 0.417 e. The van der Waals surface area contributed by atoms with Crippen LogP contribution in [0.25, 0.3) is 22.8 Å². The first-order valence-electron chi connectivity index (χ1n) is 6.70. The van der Waals surface area contributed by atoms with Gasteiger partial charge in [-0.15, -0.1) is 0 Å². The fraction of sp³-hybridized carbons (Fsp3) is 0.125. The third-order valence-electron chi connectivity index (χ3n) is 3.35. The van der Waals surface area contributed by atoms with Crippen LogP contribution < -0.4 is 0 Å². The van der Waals surface area contributed by atoms with Gasteiger partial charge in [-0.3, -0.25) is 0 Å². The van der Waals surface area contributed by atoms with Crippen LogP contribution in [0.2, 0.25) is 0 Å². The van der Waals surface area contributed by atoms with E-state index in [4.69, 9.17) is 0 Å². The number of nitrogens with zero attached hydrogens (tertiary/aromatic N) is 3. The van der Waals surface area contributed by atoms with Crippen LogP contribution in [-0.2, 0) is 13.2 Å². The van der Waals surface area contributed by atoms with Gasteiger partial charge in [-0.05, 0) is 18.2 Å². The molecule has 3 rings (SSSR count). The van der Waals surface area contributed by atoms with Crippen molar-refractivity contribution in [3.63, 3.8) is 0 Å². The first-order valence-corrected chi connectivity index (χ1v) is 6.70. The normalized spacial score (nSPS) is 11.7. The van der Waals surface area contributed by atoms with Crippen LogP contribution in [-0.4, -0.2) is 14.8 Å². The van der Waals surface area contributed by atoms with Gasteiger partial charge in [0, 0.05) is 12.6 Å². The molecule has 0 saturated heterocycles. The van der Waals surface area contributed by atoms with E-state index in [2.05, 4.69) is 10.1 Å². The molecule has 0 N–H and O–H groups in total. The van der Waals surface area contributed by atoms with E-state index < -0.39 is 17.6 Å². The molecular weight excluding hydrogens is 310 g/mol. The standard InChI is InChI=1S/C16H11F4N3/c1-23-15(10-6-2-4-8-12(10)16(18,19)20)21-14(22-23)11-7-3-5-9-13(11)17/h2-9H,1H3. The lowest BCUT2D eigenvalue weighted by atomic mass is 10.1. The van der Waals surface area contributed by atoms with Crippen LogP contribution in [0.15, 0.2) is 48.5 Å². The molecule has 0 aliphatic rings. The lowest BCUT2D eigenvalue weighted by Crippen LogP contribution is -2.08. The minimum absolute atomic E-state index is 0.0242. The molecule has 0 bridgehead atoms. The molecule has 118 valence electrons. The third kappa shape index (κ3) is 2.81. The monoisotopic (exact) mass is 321 g/mol. The Morgan fingerprint density at radius 2 is 1.52 bits per heavy atom. The molecule has 3 nitrogen and oxygen atoms in total. The highest BCUT2D eigenvalue weighted by atomic mass is 19.4. The second-order valence-electron chi connectivity index (χ2n) is 4.91. The molecule has 23 heavy (non-hydrogen) atoms. The Kier molecular flexibility index (Phi) is 3.63. The fourth-order valence-electron chi connectivity index (χ4n) is 2.30. The lowest BCUT2D eigenvalue weighted by Gasteiger charge is -2.11. The molecule has 0 spiro atoms. The van der Waals surface area contributed by atoms with Gasteiger partial charge in [-0.1, -0.05) is 30.3 Å². The molecule has 0 saturated carbocycles. The summed E-state index contributed by atoms with van der Waals surface area (Å²) in [7, 11) is 1.47. The molecule has 0 fully saturated rings. The Bertz CT molecular complexity index is 853. The molecule has 0 radical (unpaired) electrons. The first-order chi connectivity index (χ1) is 10.9. The number of aryl methyl sites for hydroxylation is 1. The summed E-state index contributed by atoms with van der Waals surface area (Å²) in [5, 5.41) is 4.04. The zero-order chi connectivity index (χ0) is 16.6. The molecule has 0 aliphatic heterocycles. The third-order valence-corrected chi connectivity index (χ3v) is 3.35. The predicted molar refractivity (Wildman–Crippen MR) is 76.8 cm³/mol. The summed E-state index contributed by atoms with van der Waals surface area (Å²) >= 11 is 0. The number of alkyl halides is 3. The summed E-state index contributed by atoms with van der Waals surface area (Å²) in [5.41, 5.74) is -0.771. The van der Waals surface area contributed by atoms with Gasteiger partial charge >= 0.3 is 6.18 Å². The summed E-state index contributed by atoms with van der Waals surface area (Å²) in [5.74, 6) is -0.470. The molecule has 0 unspecified atom stereocenters. The van der Waals surface area contributed by atoms with Crippen molar-refractivity contribution in [2.75, 3.05) is 0 Å². The molecule has 7 heteroatoms. The second kappa shape index (κ2) is 5.49. The van der Waals surface area contributed by atoms with Gasteiger partial charge < -0.3 is 0 Å². The van der Waals surface area contributed by atoms with Gasteiger partial charge in [0.1, 0.15) is 5.82 Å². The summed E-state index contributed by atoms with van der Waals surface area (Å²) in [4.78, 5) is 4.10. The van der Waals surface area contributed by atoms with Gasteiger partial charge in [0.2, 0.25) is 0 Å². The van der Waals surface area contributed by atoms with Crippen LogP contribution in [0, 0.1) is 5.82 Å². The van der Waals surface area contributed by atoms with Crippen molar-refractivity contribution in [2.24, 2.45) is 7.05 Å². The molecule has 3 aromatic rings. The van der Waals surface area contributed by atoms with Crippen molar-refractivity contribution >= 4 is 0 Å². The van der Waals surface area contributed by atoms with Gasteiger partial charge in [0.25, 0.3) is 0 Å². The number of benzene rings is 2. The van der Waals surface area contributed by atoms with E-state index >= 15 is 0 Å². The highest BCUT2D eigenvalue weighted by molar-refractivity contribution is 5.65. The summed E-state index contributed by atoms with van der Waals surface area (Å²) in [6.45, 7) is 0. The fourth-order valence-corrected chi connectivity index (χ4v) is 2.30. The summed E-state index contributed by atoms with van der Waals surface area (Å²) in [6, 6.07) is 10.9. The maximum atomic E-state index is 13.8. The highest BCUT2D eigenvalue weighted by Crippen LogP contribution is 2.36. The van der Waals surface area contributed by atoms with E-state index in [9.17, 15) is 17.6 Å². The zero-order valence-electron chi connectivity index (χ0n) is 12.0. The van der Waals surface area contributed by atoms with E-state index in [1.807, 2.05) is 0 Å². The van der Waals surface area contributed by atoms with Crippen molar-refractivity contribution in [3.05, 3.63) is 59.9 Å². The quantitative estimate of drug-likeness (QED) is 0.659. The highest BCUT2D eigenvalue weighted by Gasteiger charge is 2.34. The van der Waals surface area contributed by atoms with Gasteiger partial charge in [0.15, 0.2) is 11.6 Å². The van der Waals surface area contributed by atoms with Crippen LogP contribution >= 0.6 is 0 Å². The van der Waals surface area contributed by atoms with Crippen LogP contribution in [0.4, 0.5) is 17.6 Å². The summed E-state index contributed by atoms with van der Waals surface area (Å²) in [6.07, 6.45) is -4.51. The van der Waals surface area contributed by atoms with Crippen LogP contribution in [0.3, 0.4) is 0 Å². The molecular formula is C16H11F4N3. The van der Waals surface area contributed by atoms with Crippen molar-refractivity contribution in [2.45, 2.75) is 6.18 Å².